The standard InChI is InChI=1S/C21H22N6O4/c28-17(29)12-13-2-4-14(5-3-13)15-6-8-16(9-7-15)24-18(30)19-26-27-21(31-19)25-20-22-10-1-11-23-20/h1,6-11,13-14H,2-5,12H2,(H,24,30)(H,28,29)(H,22,23,25,27). The Bertz CT molecular complexity index is 1030. The molecular weight excluding hydrogens is 400 g/mol. The molecule has 2 aromatic heterocycles. The number of carboxylic acids is 1. The quantitative estimate of drug-likeness (QED) is 0.520. The highest BCUT2D eigenvalue weighted by Gasteiger charge is 2.24. The van der Waals surface area contributed by atoms with Crippen LogP contribution in [0.4, 0.5) is 17.7 Å². The van der Waals surface area contributed by atoms with Crippen LogP contribution in [-0.4, -0.2) is 37.1 Å². The van der Waals surface area contributed by atoms with Gasteiger partial charge in [-0.3, -0.25) is 14.9 Å². The lowest BCUT2D eigenvalue weighted by molar-refractivity contribution is -0.138. The molecule has 1 fully saturated rings. The largest absolute Gasteiger partial charge is 0.481 e. The van der Waals surface area contributed by atoms with E-state index in [4.69, 9.17) is 9.52 Å². The number of carbonyl (C=O) groups excluding carboxylic acids is 1. The van der Waals surface area contributed by atoms with Crippen molar-refractivity contribution in [2.24, 2.45) is 5.92 Å². The lowest BCUT2D eigenvalue weighted by atomic mass is 9.77. The van der Waals surface area contributed by atoms with E-state index in [1.165, 1.54) is 5.56 Å². The maximum atomic E-state index is 12.4. The summed E-state index contributed by atoms with van der Waals surface area (Å²) < 4.78 is 5.31. The van der Waals surface area contributed by atoms with Gasteiger partial charge in [-0.05, 0) is 61.3 Å². The van der Waals surface area contributed by atoms with Crippen LogP contribution in [0.25, 0.3) is 0 Å². The molecule has 3 N–H and O–H groups in total. The second-order valence-corrected chi connectivity index (χ2v) is 7.50. The molecule has 0 radical (unpaired) electrons. The minimum absolute atomic E-state index is 0.0187. The molecule has 160 valence electrons. The molecule has 0 spiro atoms. The van der Waals surface area contributed by atoms with Crippen LogP contribution in [0.1, 0.15) is 54.3 Å². The van der Waals surface area contributed by atoms with Crippen LogP contribution in [0.2, 0.25) is 0 Å². The number of aromatic nitrogens is 4. The molecule has 1 aromatic carbocycles. The van der Waals surface area contributed by atoms with Gasteiger partial charge in [0.1, 0.15) is 0 Å². The molecule has 10 heteroatoms. The Labute approximate surface area is 178 Å². The first kappa shape index (κ1) is 20.5. The van der Waals surface area contributed by atoms with Crippen LogP contribution >= 0.6 is 0 Å². The fraction of sp³-hybridized carbons (Fsp3) is 0.333. The summed E-state index contributed by atoms with van der Waals surface area (Å²) in [6.45, 7) is 0. The van der Waals surface area contributed by atoms with E-state index in [0.717, 1.165) is 25.7 Å². The van der Waals surface area contributed by atoms with Gasteiger partial charge in [0.25, 0.3) is 0 Å². The van der Waals surface area contributed by atoms with Gasteiger partial charge >= 0.3 is 23.8 Å². The van der Waals surface area contributed by atoms with Gasteiger partial charge < -0.3 is 14.8 Å². The monoisotopic (exact) mass is 422 g/mol. The van der Waals surface area contributed by atoms with Crippen molar-refractivity contribution in [2.45, 2.75) is 38.0 Å². The second kappa shape index (κ2) is 9.33. The first-order chi connectivity index (χ1) is 15.1. The predicted octanol–water partition coefficient (Wildman–Crippen LogP) is 3.60. The van der Waals surface area contributed by atoms with E-state index in [-0.39, 0.29) is 30.2 Å². The summed E-state index contributed by atoms with van der Waals surface area (Å²) in [6, 6.07) is 9.35. The van der Waals surface area contributed by atoms with Gasteiger partial charge in [-0.25, -0.2) is 9.97 Å². The van der Waals surface area contributed by atoms with E-state index in [9.17, 15) is 9.59 Å². The molecule has 1 aliphatic carbocycles. The Kier molecular flexibility index (Phi) is 6.16. The molecule has 0 atom stereocenters. The highest BCUT2D eigenvalue weighted by Crippen LogP contribution is 2.37. The van der Waals surface area contributed by atoms with Gasteiger partial charge in [0.2, 0.25) is 5.95 Å². The topological polar surface area (TPSA) is 143 Å². The summed E-state index contributed by atoms with van der Waals surface area (Å²) in [5, 5.41) is 21.9. The lowest BCUT2D eigenvalue weighted by Gasteiger charge is -2.28. The van der Waals surface area contributed by atoms with Gasteiger partial charge in [0.05, 0.1) is 0 Å². The number of rotatable bonds is 7. The molecule has 0 bridgehead atoms. The predicted molar refractivity (Wildman–Crippen MR) is 111 cm³/mol. The third kappa shape index (κ3) is 5.41. The molecule has 0 aliphatic heterocycles. The normalized spacial score (nSPS) is 18.3. The Hall–Kier alpha value is -3.82. The zero-order valence-corrected chi connectivity index (χ0v) is 16.7. The molecule has 0 unspecified atom stereocenters. The molecule has 4 rings (SSSR count). The molecule has 2 heterocycles. The fourth-order valence-electron chi connectivity index (χ4n) is 3.79. The van der Waals surface area contributed by atoms with Crippen molar-refractivity contribution in [2.75, 3.05) is 10.6 Å². The number of nitrogens with one attached hydrogen (secondary N) is 2. The SMILES string of the molecule is O=C(O)CC1CCC(c2ccc(NC(=O)c3nnc(Nc4ncccn4)o3)cc2)CC1. The average Bonchev–Trinajstić information content (AvgIpc) is 3.24. The zero-order chi connectivity index (χ0) is 21.6. The Balaban J connectivity index is 1.31. The van der Waals surface area contributed by atoms with E-state index < -0.39 is 11.9 Å². The van der Waals surface area contributed by atoms with E-state index in [0.29, 0.717) is 11.6 Å². The molecular formula is C21H22N6O4. The number of benzene rings is 1. The number of anilines is 3. The summed E-state index contributed by atoms with van der Waals surface area (Å²) in [5.41, 5.74) is 1.81. The van der Waals surface area contributed by atoms with Gasteiger partial charge in [0, 0.05) is 24.5 Å². The van der Waals surface area contributed by atoms with Crippen LogP contribution in [-0.2, 0) is 4.79 Å². The van der Waals surface area contributed by atoms with E-state index in [1.807, 2.05) is 24.3 Å². The van der Waals surface area contributed by atoms with E-state index >= 15 is 0 Å². The number of hydrogen-bond acceptors (Lipinski definition) is 8. The Morgan fingerprint density at radius 2 is 1.74 bits per heavy atom. The van der Waals surface area contributed by atoms with Crippen LogP contribution < -0.4 is 10.6 Å². The minimum Gasteiger partial charge on any atom is -0.481 e. The van der Waals surface area contributed by atoms with Gasteiger partial charge in [-0.15, -0.1) is 5.10 Å². The maximum Gasteiger partial charge on any atom is 0.322 e. The van der Waals surface area contributed by atoms with Gasteiger partial charge in [-0.2, -0.15) is 0 Å². The molecule has 1 amide bonds. The van der Waals surface area contributed by atoms with Crippen LogP contribution in [0.5, 0.6) is 0 Å². The van der Waals surface area contributed by atoms with Crippen molar-refractivity contribution in [1.29, 1.82) is 0 Å². The fourth-order valence-corrected chi connectivity index (χ4v) is 3.79. The molecule has 1 aliphatic rings. The van der Waals surface area contributed by atoms with Crippen molar-refractivity contribution in [3.63, 3.8) is 0 Å². The first-order valence-corrected chi connectivity index (χ1v) is 10.1. The summed E-state index contributed by atoms with van der Waals surface area (Å²) in [6.07, 6.45) is 7.19. The number of amides is 1. The molecule has 10 nitrogen and oxygen atoms in total. The van der Waals surface area contributed by atoms with Crippen LogP contribution in [0.3, 0.4) is 0 Å². The third-order valence-corrected chi connectivity index (χ3v) is 5.35. The number of nitrogens with zero attached hydrogens (tertiary/aromatic N) is 4. The third-order valence-electron chi connectivity index (χ3n) is 5.35. The van der Waals surface area contributed by atoms with E-state index in [2.05, 4.69) is 30.8 Å². The Morgan fingerprint density at radius 3 is 2.42 bits per heavy atom. The number of aliphatic carboxylic acids is 1. The van der Waals surface area contributed by atoms with Crippen molar-refractivity contribution < 1.29 is 19.1 Å². The van der Waals surface area contributed by atoms with Crippen molar-refractivity contribution >= 4 is 29.5 Å². The molecule has 0 saturated heterocycles. The number of hydrogen-bond donors (Lipinski definition) is 3. The summed E-state index contributed by atoms with van der Waals surface area (Å²) >= 11 is 0. The maximum absolute atomic E-state index is 12.4. The molecule has 1 saturated carbocycles. The average molecular weight is 422 g/mol. The number of carboxylic acid groups (broad SMARTS) is 1. The summed E-state index contributed by atoms with van der Waals surface area (Å²) in [5.74, 6) is -0.448. The van der Waals surface area contributed by atoms with Crippen LogP contribution in [0.15, 0.2) is 47.1 Å². The first-order valence-electron chi connectivity index (χ1n) is 10.1. The van der Waals surface area contributed by atoms with Gasteiger partial charge in [-0.1, -0.05) is 17.2 Å². The zero-order valence-electron chi connectivity index (χ0n) is 16.7. The highest BCUT2D eigenvalue weighted by molar-refractivity contribution is 6.00. The smallest absolute Gasteiger partial charge is 0.322 e. The molecule has 3 aromatic rings. The lowest BCUT2D eigenvalue weighted by Crippen LogP contribution is -2.16. The van der Waals surface area contributed by atoms with E-state index in [1.54, 1.807) is 18.5 Å². The van der Waals surface area contributed by atoms with Crippen molar-refractivity contribution in [3.8, 4) is 0 Å². The van der Waals surface area contributed by atoms with Crippen LogP contribution in [0, 0.1) is 5.92 Å². The Morgan fingerprint density at radius 1 is 1.03 bits per heavy atom. The minimum atomic E-state index is -0.721. The number of carbonyl (C=O) groups is 2. The molecule has 31 heavy (non-hydrogen) atoms. The summed E-state index contributed by atoms with van der Waals surface area (Å²) in [4.78, 5) is 31.2. The van der Waals surface area contributed by atoms with Crippen molar-refractivity contribution in [1.82, 2.24) is 20.2 Å². The highest BCUT2D eigenvalue weighted by atomic mass is 16.4. The summed E-state index contributed by atoms with van der Waals surface area (Å²) in [7, 11) is 0. The second-order valence-electron chi connectivity index (χ2n) is 7.50. The van der Waals surface area contributed by atoms with Gasteiger partial charge in [0.15, 0.2) is 0 Å². The van der Waals surface area contributed by atoms with Crippen molar-refractivity contribution in [3.05, 3.63) is 54.2 Å².